The Morgan fingerprint density at radius 1 is 0.625 bits per heavy atom. The van der Waals surface area contributed by atoms with Crippen molar-refractivity contribution in [2.75, 3.05) is 33.0 Å². The highest BCUT2D eigenvalue weighted by atomic mass is 16.7. The van der Waals surface area contributed by atoms with Crippen molar-refractivity contribution < 1.29 is 81.8 Å². The number of esters is 5. The Morgan fingerprint density at radius 2 is 1.02 bits per heavy atom. The first-order chi connectivity index (χ1) is 26.7. The number of carbonyl (C=O) groups is 8. The number of carbonyl (C=O) groups excluding carboxylic acids is 6. The zero-order chi connectivity index (χ0) is 43.0. The Labute approximate surface area is 328 Å². The molecule has 56 heavy (non-hydrogen) atoms. The van der Waals surface area contributed by atoms with Crippen LogP contribution < -0.4 is 5.48 Å². The van der Waals surface area contributed by atoms with E-state index in [4.69, 9.17) is 34.0 Å². The SMILES string of the molecule is C=CC(=O)OCCCCC(=O)O.C=CC(=O)OCCCCC(=O)O.C=CC(=O)OCCCCC(=O)OC1CCOC(NOC(=O)CCCCOC(C)=O)C1.CC. The van der Waals surface area contributed by atoms with Gasteiger partial charge in [0.05, 0.1) is 33.0 Å². The monoisotopic (exact) mass is 803 g/mol. The molecular formula is C38H61NO17. The summed E-state index contributed by atoms with van der Waals surface area (Å²) >= 11 is 0. The Balaban J connectivity index is -0.000000886. The molecule has 18 nitrogen and oxygen atoms in total. The maximum absolute atomic E-state index is 11.9. The first-order valence-corrected chi connectivity index (χ1v) is 18.4. The smallest absolute Gasteiger partial charge is 0.330 e. The molecule has 0 aromatic rings. The fraction of sp³-hybridized carbons (Fsp3) is 0.632. The molecule has 3 N–H and O–H groups in total. The highest BCUT2D eigenvalue weighted by molar-refractivity contribution is 5.81. The second-order valence-electron chi connectivity index (χ2n) is 11.2. The van der Waals surface area contributed by atoms with Gasteiger partial charge in [0.1, 0.15) is 12.3 Å². The normalized spacial score (nSPS) is 13.7. The quantitative estimate of drug-likeness (QED) is 0.0353. The minimum absolute atomic E-state index is 0.117. The average Bonchev–Trinajstić information content (AvgIpc) is 3.17. The van der Waals surface area contributed by atoms with Gasteiger partial charge in [-0.1, -0.05) is 33.6 Å². The van der Waals surface area contributed by atoms with Gasteiger partial charge in [-0.2, -0.15) is 0 Å². The van der Waals surface area contributed by atoms with E-state index in [0.29, 0.717) is 70.8 Å². The van der Waals surface area contributed by atoms with E-state index < -0.39 is 42.0 Å². The second kappa shape index (κ2) is 39.6. The largest absolute Gasteiger partial charge is 0.481 e. The van der Waals surface area contributed by atoms with E-state index in [1.54, 1.807) is 0 Å². The number of hydrogen-bond donors (Lipinski definition) is 3. The zero-order valence-electron chi connectivity index (χ0n) is 33.0. The van der Waals surface area contributed by atoms with Crippen LogP contribution in [0.4, 0.5) is 0 Å². The molecule has 1 saturated heterocycles. The van der Waals surface area contributed by atoms with Gasteiger partial charge >= 0.3 is 47.8 Å². The van der Waals surface area contributed by atoms with E-state index in [9.17, 15) is 38.4 Å². The van der Waals surface area contributed by atoms with Crippen LogP contribution in [0.3, 0.4) is 0 Å². The molecule has 0 spiro atoms. The highest BCUT2D eigenvalue weighted by Crippen LogP contribution is 2.17. The van der Waals surface area contributed by atoms with Gasteiger partial charge in [0.15, 0.2) is 0 Å². The third-order valence-corrected chi connectivity index (χ3v) is 6.50. The molecule has 0 bridgehead atoms. The van der Waals surface area contributed by atoms with E-state index in [1.165, 1.54) is 6.92 Å². The number of hydrogen-bond acceptors (Lipinski definition) is 16. The van der Waals surface area contributed by atoms with Crippen LogP contribution in [0.15, 0.2) is 38.0 Å². The summed E-state index contributed by atoms with van der Waals surface area (Å²) in [6.45, 7) is 16.5. The van der Waals surface area contributed by atoms with E-state index in [1.807, 2.05) is 13.8 Å². The maximum atomic E-state index is 11.9. The first kappa shape index (κ1) is 55.2. The number of unbranched alkanes of at least 4 members (excludes halogenated alkanes) is 4. The molecule has 1 fully saturated rings. The van der Waals surface area contributed by atoms with E-state index in [0.717, 1.165) is 18.2 Å². The van der Waals surface area contributed by atoms with E-state index in [-0.39, 0.29) is 70.2 Å². The van der Waals surface area contributed by atoms with Gasteiger partial charge in [-0.25, -0.2) is 14.4 Å². The van der Waals surface area contributed by atoms with Crippen molar-refractivity contribution in [3.05, 3.63) is 38.0 Å². The van der Waals surface area contributed by atoms with Gasteiger partial charge in [-0.15, -0.1) is 5.48 Å². The van der Waals surface area contributed by atoms with Crippen molar-refractivity contribution in [3.8, 4) is 0 Å². The lowest BCUT2D eigenvalue weighted by Crippen LogP contribution is -2.42. The van der Waals surface area contributed by atoms with Gasteiger partial charge < -0.3 is 43.5 Å². The van der Waals surface area contributed by atoms with Crippen molar-refractivity contribution in [1.29, 1.82) is 0 Å². The van der Waals surface area contributed by atoms with Crippen LogP contribution in [0.5, 0.6) is 0 Å². The summed E-state index contributed by atoms with van der Waals surface area (Å²) in [7, 11) is 0. The van der Waals surface area contributed by atoms with Crippen LogP contribution in [0, 0.1) is 0 Å². The summed E-state index contributed by atoms with van der Waals surface area (Å²) in [6.07, 6.45) is 8.35. The molecule has 18 heteroatoms. The van der Waals surface area contributed by atoms with Gasteiger partial charge in [0.25, 0.3) is 0 Å². The number of hydroxylamine groups is 1. The fourth-order valence-electron chi connectivity index (χ4n) is 3.79. The minimum Gasteiger partial charge on any atom is -0.481 e. The van der Waals surface area contributed by atoms with Gasteiger partial charge in [0, 0.05) is 63.7 Å². The molecule has 0 saturated carbocycles. The van der Waals surface area contributed by atoms with E-state index >= 15 is 0 Å². The maximum Gasteiger partial charge on any atom is 0.330 e. The Hall–Kier alpha value is -5.10. The zero-order valence-corrected chi connectivity index (χ0v) is 33.0. The van der Waals surface area contributed by atoms with Crippen molar-refractivity contribution in [1.82, 2.24) is 5.48 Å². The van der Waals surface area contributed by atoms with Gasteiger partial charge in [0.2, 0.25) is 0 Å². The standard InChI is InChI=1S/C20H31NO9.2C8H12O4.C2H6/c1-3-18(23)28-12-7-4-8-19(24)29-16-10-13-27-17(14-16)21-30-20(25)9-5-6-11-26-15(2)22;2*1-2-8(11)12-6-4-3-5-7(9)10;1-2/h3,16-17,21H,1,4-14H2,2H3;2*2H,1,3-6H2,(H,9,10);1-2H3. The summed E-state index contributed by atoms with van der Waals surface area (Å²) in [5.41, 5.74) is 2.55. The topological polar surface area (TPSA) is 254 Å². The van der Waals surface area contributed by atoms with Crippen LogP contribution in [-0.2, 0) is 71.6 Å². The Kier molecular flexibility index (Phi) is 39.1. The molecule has 0 aliphatic carbocycles. The molecule has 2 unspecified atom stereocenters. The van der Waals surface area contributed by atoms with Crippen molar-refractivity contribution in [3.63, 3.8) is 0 Å². The summed E-state index contributed by atoms with van der Waals surface area (Å²) in [5, 5.41) is 16.5. The molecule has 0 aromatic heterocycles. The van der Waals surface area contributed by atoms with Gasteiger partial charge in [-0.3, -0.25) is 24.0 Å². The lowest BCUT2D eigenvalue weighted by atomic mass is 10.1. The number of carboxylic acid groups (broad SMARTS) is 2. The van der Waals surface area contributed by atoms with Gasteiger partial charge in [-0.05, 0) is 51.4 Å². The molecule has 1 rings (SSSR count). The lowest BCUT2D eigenvalue weighted by molar-refractivity contribution is -0.178. The summed E-state index contributed by atoms with van der Waals surface area (Å²) in [6, 6.07) is 0. The third kappa shape index (κ3) is 41.7. The molecule has 1 aliphatic rings. The fourth-order valence-corrected chi connectivity index (χ4v) is 3.79. The highest BCUT2D eigenvalue weighted by Gasteiger charge is 2.26. The number of carboxylic acids is 2. The van der Waals surface area contributed by atoms with E-state index in [2.05, 4.69) is 34.7 Å². The molecule has 0 radical (unpaired) electrons. The van der Waals surface area contributed by atoms with Crippen LogP contribution in [0.1, 0.15) is 111 Å². The third-order valence-electron chi connectivity index (χ3n) is 6.50. The number of nitrogens with one attached hydrogen (secondary N) is 1. The van der Waals surface area contributed by atoms with Crippen LogP contribution in [-0.4, -0.2) is 103 Å². The summed E-state index contributed by atoms with van der Waals surface area (Å²) in [4.78, 5) is 91.1. The number of rotatable bonds is 26. The molecule has 2 atom stereocenters. The predicted molar refractivity (Wildman–Crippen MR) is 200 cm³/mol. The van der Waals surface area contributed by atoms with Crippen molar-refractivity contribution in [2.24, 2.45) is 0 Å². The molecule has 320 valence electrons. The Morgan fingerprint density at radius 3 is 1.41 bits per heavy atom. The molecule has 1 heterocycles. The average molecular weight is 804 g/mol. The molecule has 0 aromatic carbocycles. The number of ether oxygens (including phenoxy) is 6. The van der Waals surface area contributed by atoms with Crippen LogP contribution in [0.2, 0.25) is 0 Å². The molecule has 0 amide bonds. The van der Waals surface area contributed by atoms with Crippen molar-refractivity contribution >= 4 is 47.8 Å². The predicted octanol–water partition coefficient (Wildman–Crippen LogP) is 4.68. The lowest BCUT2D eigenvalue weighted by Gasteiger charge is -2.29. The summed E-state index contributed by atoms with van der Waals surface area (Å²) < 4.78 is 29.7. The first-order valence-electron chi connectivity index (χ1n) is 18.4. The summed E-state index contributed by atoms with van der Waals surface area (Å²) in [5.74, 6) is -4.21. The number of aliphatic carboxylic acids is 2. The Bertz CT molecular complexity index is 1150. The minimum atomic E-state index is -0.829. The van der Waals surface area contributed by atoms with Crippen LogP contribution >= 0.6 is 0 Å². The molecule has 1 aliphatic heterocycles. The second-order valence-corrected chi connectivity index (χ2v) is 11.2. The van der Waals surface area contributed by atoms with Crippen molar-refractivity contribution in [2.45, 2.75) is 123 Å². The van der Waals surface area contributed by atoms with Crippen LogP contribution in [0.25, 0.3) is 0 Å². The molecular weight excluding hydrogens is 742 g/mol.